The van der Waals surface area contributed by atoms with Crippen LogP contribution in [0.4, 0.5) is 0 Å². The van der Waals surface area contributed by atoms with Gasteiger partial charge in [-0.1, -0.05) is 5.16 Å². The molecule has 28 heavy (non-hydrogen) atoms. The Morgan fingerprint density at radius 3 is 2.75 bits per heavy atom. The van der Waals surface area contributed by atoms with Gasteiger partial charge in [-0.05, 0) is 57.1 Å². The molecule has 1 amide bonds. The molecule has 0 aliphatic carbocycles. The topological polar surface area (TPSA) is 81.4 Å². The molecule has 7 heteroatoms. The number of hydrogen-bond acceptors (Lipinski definition) is 6. The Kier molecular flexibility index (Phi) is 6.00. The van der Waals surface area contributed by atoms with E-state index in [1.807, 2.05) is 24.0 Å². The monoisotopic (exact) mass is 384 g/mol. The van der Waals surface area contributed by atoms with E-state index in [9.17, 15) is 4.79 Å². The highest BCUT2D eigenvalue weighted by Crippen LogP contribution is 2.27. The van der Waals surface area contributed by atoms with E-state index in [2.05, 4.69) is 15.1 Å². The summed E-state index contributed by atoms with van der Waals surface area (Å²) in [6.45, 7) is 5.05. The molecule has 0 unspecified atom stereocenters. The van der Waals surface area contributed by atoms with Gasteiger partial charge in [0.15, 0.2) is 5.82 Å². The zero-order valence-corrected chi connectivity index (χ0v) is 16.5. The molecule has 0 radical (unpaired) electrons. The van der Waals surface area contributed by atoms with Crippen LogP contribution in [0.2, 0.25) is 0 Å². The molecular weight excluding hydrogens is 356 g/mol. The highest BCUT2D eigenvalue weighted by molar-refractivity contribution is 5.95. The van der Waals surface area contributed by atoms with Crippen LogP contribution in [0.25, 0.3) is 0 Å². The first-order chi connectivity index (χ1) is 13.7. The van der Waals surface area contributed by atoms with E-state index in [1.54, 1.807) is 6.20 Å². The third-order valence-electron chi connectivity index (χ3n) is 5.97. The molecule has 0 bridgehead atoms. The minimum absolute atomic E-state index is 0.100. The van der Waals surface area contributed by atoms with E-state index in [4.69, 9.17) is 9.26 Å². The van der Waals surface area contributed by atoms with Crippen LogP contribution < -0.4 is 0 Å². The van der Waals surface area contributed by atoms with Crippen molar-refractivity contribution in [3.63, 3.8) is 0 Å². The first kappa shape index (κ1) is 19.1. The van der Waals surface area contributed by atoms with Crippen molar-refractivity contribution in [2.75, 3.05) is 26.3 Å². The van der Waals surface area contributed by atoms with E-state index < -0.39 is 0 Å². The number of hydrogen-bond donors (Lipinski definition) is 0. The smallest absolute Gasteiger partial charge is 0.255 e. The van der Waals surface area contributed by atoms with Crippen molar-refractivity contribution in [2.24, 2.45) is 5.92 Å². The lowest BCUT2D eigenvalue weighted by Crippen LogP contribution is -2.39. The quantitative estimate of drug-likeness (QED) is 0.788. The summed E-state index contributed by atoms with van der Waals surface area (Å²) in [5.74, 6) is 2.63. The van der Waals surface area contributed by atoms with Gasteiger partial charge in [-0.2, -0.15) is 4.98 Å². The van der Waals surface area contributed by atoms with Gasteiger partial charge in [0.2, 0.25) is 5.89 Å². The van der Waals surface area contributed by atoms with Gasteiger partial charge in [0.1, 0.15) is 0 Å². The second-order valence-corrected chi connectivity index (χ2v) is 7.85. The molecule has 2 aliphatic heterocycles. The average Bonchev–Trinajstić information content (AvgIpc) is 3.22. The Balaban J connectivity index is 1.24. The molecule has 2 saturated heterocycles. The summed E-state index contributed by atoms with van der Waals surface area (Å²) >= 11 is 0. The molecular formula is C21H28N4O3. The van der Waals surface area contributed by atoms with Crippen LogP contribution in [0.5, 0.6) is 0 Å². The normalized spacial score (nSPS) is 19.1. The lowest BCUT2D eigenvalue weighted by molar-refractivity contribution is 0.0685. The lowest BCUT2D eigenvalue weighted by atomic mass is 9.91. The second-order valence-electron chi connectivity index (χ2n) is 7.85. The number of amides is 1. The van der Waals surface area contributed by atoms with Gasteiger partial charge < -0.3 is 14.2 Å². The molecule has 0 spiro atoms. The van der Waals surface area contributed by atoms with E-state index in [0.717, 1.165) is 82.2 Å². The molecule has 0 N–H and O–H groups in total. The summed E-state index contributed by atoms with van der Waals surface area (Å²) in [6.07, 6.45) is 7.58. The first-order valence-electron chi connectivity index (χ1n) is 10.3. The summed E-state index contributed by atoms with van der Waals surface area (Å²) in [5, 5.41) is 4.17. The summed E-state index contributed by atoms with van der Waals surface area (Å²) in [6, 6.07) is 3.69. The van der Waals surface area contributed by atoms with E-state index in [1.165, 1.54) is 0 Å². The van der Waals surface area contributed by atoms with Gasteiger partial charge in [-0.15, -0.1) is 0 Å². The molecule has 4 heterocycles. The highest BCUT2D eigenvalue weighted by atomic mass is 16.5. The molecule has 0 saturated carbocycles. The van der Waals surface area contributed by atoms with Crippen LogP contribution in [0, 0.1) is 12.8 Å². The number of rotatable bonds is 5. The molecule has 0 atom stereocenters. The number of pyridine rings is 1. The van der Waals surface area contributed by atoms with Crippen LogP contribution in [0.1, 0.15) is 65.8 Å². The molecule has 2 fully saturated rings. The predicted molar refractivity (Wildman–Crippen MR) is 103 cm³/mol. The third kappa shape index (κ3) is 4.41. The maximum absolute atomic E-state index is 12.7. The molecule has 2 aromatic rings. The fourth-order valence-corrected chi connectivity index (χ4v) is 4.12. The largest absolute Gasteiger partial charge is 0.381 e. The van der Waals surface area contributed by atoms with Crippen LogP contribution >= 0.6 is 0 Å². The van der Waals surface area contributed by atoms with Crippen molar-refractivity contribution in [3.05, 3.63) is 41.3 Å². The van der Waals surface area contributed by atoms with Crippen molar-refractivity contribution in [3.8, 4) is 0 Å². The number of likely N-dealkylation sites (tertiary alicyclic amines) is 1. The minimum atomic E-state index is 0.100. The van der Waals surface area contributed by atoms with E-state index >= 15 is 0 Å². The van der Waals surface area contributed by atoms with Gasteiger partial charge in [0.05, 0.1) is 5.56 Å². The number of carbonyl (C=O) groups excluding carboxylic acids is 1. The standard InChI is InChI=1S/C21H28N4O3/c1-15-18(3-2-10-22-15)21(26)25-11-6-16(7-12-25)4-5-19-23-20(28-24-19)17-8-13-27-14-9-17/h2-3,10,16-17H,4-9,11-14H2,1H3. The number of aromatic nitrogens is 3. The average molecular weight is 384 g/mol. The van der Waals surface area contributed by atoms with Crippen molar-refractivity contribution < 1.29 is 14.1 Å². The van der Waals surface area contributed by atoms with Crippen LogP contribution in [-0.4, -0.2) is 52.2 Å². The summed E-state index contributed by atoms with van der Waals surface area (Å²) in [4.78, 5) is 23.5. The fraction of sp³-hybridized carbons (Fsp3) is 0.619. The number of piperidine rings is 1. The zero-order chi connectivity index (χ0) is 19.3. The Labute approximate surface area is 165 Å². The maximum atomic E-state index is 12.7. The lowest BCUT2D eigenvalue weighted by Gasteiger charge is -2.32. The molecule has 2 aromatic heterocycles. The van der Waals surface area contributed by atoms with Crippen molar-refractivity contribution in [1.82, 2.24) is 20.0 Å². The second kappa shape index (κ2) is 8.82. The van der Waals surface area contributed by atoms with E-state index in [-0.39, 0.29) is 5.91 Å². The Morgan fingerprint density at radius 1 is 1.21 bits per heavy atom. The van der Waals surface area contributed by atoms with Gasteiger partial charge in [0, 0.05) is 50.5 Å². The molecule has 4 rings (SSSR count). The minimum Gasteiger partial charge on any atom is -0.381 e. The molecule has 150 valence electrons. The number of ether oxygens (including phenoxy) is 1. The number of aryl methyl sites for hydroxylation is 2. The van der Waals surface area contributed by atoms with Gasteiger partial charge >= 0.3 is 0 Å². The molecule has 7 nitrogen and oxygen atoms in total. The highest BCUT2D eigenvalue weighted by Gasteiger charge is 2.26. The van der Waals surface area contributed by atoms with E-state index in [0.29, 0.717) is 17.4 Å². The van der Waals surface area contributed by atoms with Crippen LogP contribution in [0.3, 0.4) is 0 Å². The Bertz CT molecular complexity index is 792. The fourth-order valence-electron chi connectivity index (χ4n) is 4.12. The summed E-state index contributed by atoms with van der Waals surface area (Å²) in [5.41, 5.74) is 1.51. The summed E-state index contributed by atoms with van der Waals surface area (Å²) < 4.78 is 10.9. The van der Waals surface area contributed by atoms with Crippen molar-refractivity contribution in [2.45, 2.75) is 51.4 Å². The maximum Gasteiger partial charge on any atom is 0.255 e. The third-order valence-corrected chi connectivity index (χ3v) is 5.97. The van der Waals surface area contributed by atoms with Crippen molar-refractivity contribution >= 4 is 5.91 Å². The Morgan fingerprint density at radius 2 is 2.00 bits per heavy atom. The SMILES string of the molecule is Cc1ncccc1C(=O)N1CCC(CCc2noc(C3CCOCC3)n2)CC1. The van der Waals surface area contributed by atoms with Gasteiger partial charge in [0.25, 0.3) is 5.91 Å². The summed E-state index contributed by atoms with van der Waals surface area (Å²) in [7, 11) is 0. The van der Waals surface area contributed by atoms with Crippen LogP contribution in [-0.2, 0) is 11.2 Å². The Hall–Kier alpha value is -2.28. The first-order valence-corrected chi connectivity index (χ1v) is 10.3. The molecule has 0 aromatic carbocycles. The number of carbonyl (C=O) groups is 1. The predicted octanol–water partition coefficient (Wildman–Crippen LogP) is 3.15. The van der Waals surface area contributed by atoms with Gasteiger partial charge in [-0.25, -0.2) is 0 Å². The van der Waals surface area contributed by atoms with Crippen molar-refractivity contribution in [1.29, 1.82) is 0 Å². The van der Waals surface area contributed by atoms with Crippen LogP contribution in [0.15, 0.2) is 22.9 Å². The number of nitrogens with zero attached hydrogens (tertiary/aromatic N) is 4. The van der Waals surface area contributed by atoms with Gasteiger partial charge in [-0.3, -0.25) is 9.78 Å². The molecule has 2 aliphatic rings. The zero-order valence-electron chi connectivity index (χ0n) is 16.5.